The standard InChI is InChI=1S/C9H10ClFO5S/c1-14-5-16-9-7(15-2)3-6(10)4-8(9)17(11,12)13/h3-4H,5H2,1-2H3. The second-order valence-electron chi connectivity index (χ2n) is 2.92. The molecule has 8 heteroatoms. The predicted octanol–water partition coefficient (Wildman–Crippen LogP) is 1.99. The Bertz CT molecular complexity index is 502. The van der Waals surface area contributed by atoms with Gasteiger partial charge in [-0.15, -0.1) is 3.89 Å². The van der Waals surface area contributed by atoms with E-state index in [9.17, 15) is 12.3 Å². The molecule has 0 heterocycles. The van der Waals surface area contributed by atoms with Gasteiger partial charge in [-0.2, -0.15) is 8.42 Å². The predicted molar refractivity (Wildman–Crippen MR) is 58.8 cm³/mol. The van der Waals surface area contributed by atoms with Gasteiger partial charge >= 0.3 is 10.2 Å². The molecule has 1 rings (SSSR count). The van der Waals surface area contributed by atoms with Crippen LogP contribution >= 0.6 is 11.6 Å². The Morgan fingerprint density at radius 1 is 1.35 bits per heavy atom. The van der Waals surface area contributed by atoms with Gasteiger partial charge in [-0.05, 0) is 6.07 Å². The Morgan fingerprint density at radius 3 is 2.47 bits per heavy atom. The summed E-state index contributed by atoms with van der Waals surface area (Å²) in [7, 11) is -2.35. The van der Waals surface area contributed by atoms with Crippen molar-refractivity contribution in [3.63, 3.8) is 0 Å². The van der Waals surface area contributed by atoms with E-state index in [-0.39, 0.29) is 23.3 Å². The summed E-state index contributed by atoms with van der Waals surface area (Å²) < 4.78 is 49.4. The van der Waals surface area contributed by atoms with E-state index in [0.717, 1.165) is 6.07 Å². The highest BCUT2D eigenvalue weighted by Crippen LogP contribution is 2.38. The molecule has 1 aromatic carbocycles. The number of rotatable bonds is 5. The van der Waals surface area contributed by atoms with E-state index in [0.29, 0.717) is 0 Å². The molecule has 0 N–H and O–H groups in total. The molecule has 96 valence electrons. The van der Waals surface area contributed by atoms with E-state index in [1.165, 1.54) is 20.3 Å². The zero-order valence-electron chi connectivity index (χ0n) is 9.07. The van der Waals surface area contributed by atoms with Crippen LogP contribution in [0.1, 0.15) is 0 Å². The lowest BCUT2D eigenvalue weighted by molar-refractivity contribution is 0.0469. The van der Waals surface area contributed by atoms with Crippen molar-refractivity contribution in [2.45, 2.75) is 4.90 Å². The van der Waals surface area contributed by atoms with Crippen LogP contribution in [0, 0.1) is 0 Å². The molecular formula is C9H10ClFO5S. The van der Waals surface area contributed by atoms with Crippen LogP contribution in [0.15, 0.2) is 17.0 Å². The molecular weight excluding hydrogens is 275 g/mol. The molecule has 0 aliphatic carbocycles. The molecule has 0 aromatic heterocycles. The van der Waals surface area contributed by atoms with Crippen molar-refractivity contribution >= 4 is 21.8 Å². The summed E-state index contributed by atoms with van der Waals surface area (Å²) in [6, 6.07) is 2.24. The van der Waals surface area contributed by atoms with Gasteiger partial charge in [0.05, 0.1) is 7.11 Å². The van der Waals surface area contributed by atoms with Crippen LogP contribution in [-0.2, 0) is 15.0 Å². The van der Waals surface area contributed by atoms with Gasteiger partial charge in [-0.25, -0.2) is 0 Å². The van der Waals surface area contributed by atoms with Crippen molar-refractivity contribution in [3.8, 4) is 11.5 Å². The Morgan fingerprint density at radius 2 is 2.00 bits per heavy atom. The van der Waals surface area contributed by atoms with Gasteiger partial charge in [0, 0.05) is 18.2 Å². The van der Waals surface area contributed by atoms with Gasteiger partial charge in [0.2, 0.25) is 0 Å². The summed E-state index contributed by atoms with van der Waals surface area (Å²) in [5, 5.41) is 0.0165. The number of benzene rings is 1. The third-order valence-electron chi connectivity index (χ3n) is 1.79. The zero-order chi connectivity index (χ0) is 13.1. The fraction of sp³-hybridized carbons (Fsp3) is 0.333. The fourth-order valence-electron chi connectivity index (χ4n) is 1.14. The summed E-state index contributed by atoms with van der Waals surface area (Å²) in [4.78, 5) is -0.695. The molecule has 5 nitrogen and oxygen atoms in total. The van der Waals surface area contributed by atoms with Crippen LogP contribution in [0.4, 0.5) is 3.89 Å². The normalized spacial score (nSPS) is 11.3. The first-order valence-electron chi connectivity index (χ1n) is 4.34. The van der Waals surface area contributed by atoms with Crippen LogP contribution in [-0.4, -0.2) is 29.4 Å². The molecule has 0 radical (unpaired) electrons. The molecule has 17 heavy (non-hydrogen) atoms. The van der Waals surface area contributed by atoms with E-state index >= 15 is 0 Å². The number of halogens is 2. The first-order valence-corrected chi connectivity index (χ1v) is 6.10. The average Bonchev–Trinajstić information content (AvgIpc) is 2.25. The summed E-state index contributed by atoms with van der Waals surface area (Å²) in [6.07, 6.45) is 0. The van der Waals surface area contributed by atoms with E-state index in [2.05, 4.69) is 4.74 Å². The maximum atomic E-state index is 13.0. The van der Waals surface area contributed by atoms with Crippen molar-refractivity contribution < 1.29 is 26.5 Å². The molecule has 1 aromatic rings. The second-order valence-corrected chi connectivity index (χ2v) is 4.68. The quantitative estimate of drug-likeness (QED) is 0.611. The fourth-order valence-corrected chi connectivity index (χ4v) is 2.06. The smallest absolute Gasteiger partial charge is 0.335 e. The Balaban J connectivity index is 3.39. The van der Waals surface area contributed by atoms with E-state index < -0.39 is 15.1 Å². The molecule has 0 atom stereocenters. The maximum Gasteiger partial charge on any atom is 0.335 e. The lowest BCUT2D eigenvalue weighted by Gasteiger charge is -2.12. The zero-order valence-corrected chi connectivity index (χ0v) is 10.6. The maximum absolute atomic E-state index is 13.0. The highest BCUT2D eigenvalue weighted by Gasteiger charge is 2.23. The summed E-state index contributed by atoms with van der Waals surface area (Å²) in [5.41, 5.74) is 0. The molecule has 0 unspecified atom stereocenters. The molecule has 0 fully saturated rings. The molecule has 0 saturated carbocycles. The van der Waals surface area contributed by atoms with E-state index in [4.69, 9.17) is 21.1 Å². The van der Waals surface area contributed by atoms with Crippen molar-refractivity contribution in [2.24, 2.45) is 0 Å². The molecule has 0 saturated heterocycles. The second kappa shape index (κ2) is 5.52. The minimum atomic E-state index is -4.96. The number of methoxy groups -OCH3 is 2. The summed E-state index contributed by atoms with van der Waals surface area (Å²) in [6.45, 7) is -0.249. The van der Waals surface area contributed by atoms with Gasteiger partial charge < -0.3 is 14.2 Å². The molecule has 0 amide bonds. The van der Waals surface area contributed by atoms with Gasteiger partial charge in [0.15, 0.2) is 18.3 Å². The van der Waals surface area contributed by atoms with Crippen molar-refractivity contribution in [1.29, 1.82) is 0 Å². The first kappa shape index (κ1) is 14.0. The Kier molecular flexibility index (Phi) is 4.55. The van der Waals surface area contributed by atoms with Crippen LogP contribution in [0.3, 0.4) is 0 Å². The van der Waals surface area contributed by atoms with Crippen LogP contribution in [0.2, 0.25) is 5.02 Å². The average molecular weight is 285 g/mol. The molecule has 0 aliphatic rings. The minimum absolute atomic E-state index is 0.00535. The Hall–Kier alpha value is -1.05. The van der Waals surface area contributed by atoms with Gasteiger partial charge in [0.25, 0.3) is 0 Å². The third-order valence-corrected chi connectivity index (χ3v) is 2.84. The van der Waals surface area contributed by atoms with Crippen LogP contribution < -0.4 is 9.47 Å². The summed E-state index contributed by atoms with van der Waals surface area (Å²) in [5.74, 6) is -0.271. The van der Waals surface area contributed by atoms with Crippen molar-refractivity contribution in [1.82, 2.24) is 0 Å². The number of hydrogen-bond donors (Lipinski definition) is 0. The van der Waals surface area contributed by atoms with Crippen molar-refractivity contribution in [3.05, 3.63) is 17.2 Å². The van der Waals surface area contributed by atoms with Crippen molar-refractivity contribution in [2.75, 3.05) is 21.0 Å². The largest absolute Gasteiger partial charge is 0.493 e. The third kappa shape index (κ3) is 3.45. The highest BCUT2D eigenvalue weighted by molar-refractivity contribution is 7.86. The van der Waals surface area contributed by atoms with E-state index in [1.807, 2.05) is 0 Å². The lowest BCUT2D eigenvalue weighted by atomic mass is 10.3. The summed E-state index contributed by atoms with van der Waals surface area (Å²) >= 11 is 5.64. The van der Waals surface area contributed by atoms with Crippen LogP contribution in [0.25, 0.3) is 0 Å². The lowest BCUT2D eigenvalue weighted by Crippen LogP contribution is -2.05. The number of hydrogen-bond acceptors (Lipinski definition) is 5. The monoisotopic (exact) mass is 284 g/mol. The van der Waals surface area contributed by atoms with Gasteiger partial charge in [-0.1, -0.05) is 11.6 Å². The van der Waals surface area contributed by atoms with Crippen LogP contribution in [0.5, 0.6) is 11.5 Å². The van der Waals surface area contributed by atoms with E-state index in [1.54, 1.807) is 0 Å². The topological polar surface area (TPSA) is 61.8 Å². The highest BCUT2D eigenvalue weighted by atomic mass is 35.5. The van der Waals surface area contributed by atoms with Gasteiger partial charge in [-0.3, -0.25) is 0 Å². The molecule has 0 spiro atoms. The SMILES string of the molecule is COCOc1c(OC)cc(Cl)cc1S(=O)(=O)F. The number of ether oxygens (including phenoxy) is 3. The Labute approximate surface area is 103 Å². The first-order chi connectivity index (χ1) is 7.90. The molecule has 0 aliphatic heterocycles. The minimum Gasteiger partial charge on any atom is -0.493 e. The van der Waals surface area contributed by atoms with Gasteiger partial charge in [0.1, 0.15) is 4.90 Å². The molecule has 0 bridgehead atoms.